The molecule has 2 fully saturated rings. The SMILES string of the molecule is CCOC(=O)C1CC2(CCN(c3cc(O[C@H](c4ccc(-c5ccc6ccncc6c5)cc4)C(F)(F)F)nc(N)n3)CC2)CN1. The van der Waals surface area contributed by atoms with E-state index in [9.17, 15) is 18.0 Å². The van der Waals surface area contributed by atoms with Crippen molar-refractivity contribution in [1.82, 2.24) is 20.3 Å². The second-order valence-electron chi connectivity index (χ2n) is 11.4. The van der Waals surface area contributed by atoms with Gasteiger partial charge in [-0.15, -0.1) is 0 Å². The van der Waals surface area contributed by atoms with E-state index in [1.165, 1.54) is 18.2 Å². The predicted octanol–water partition coefficient (Wildman–Crippen LogP) is 5.47. The van der Waals surface area contributed by atoms with Crippen LogP contribution in [0.15, 0.2) is 67.0 Å². The van der Waals surface area contributed by atoms with Crippen LogP contribution >= 0.6 is 0 Å². The molecule has 2 atom stereocenters. The number of esters is 1. The first-order chi connectivity index (χ1) is 21.1. The minimum absolute atomic E-state index is 0.0525. The number of fused-ring (bicyclic) bond motifs is 1. The fraction of sp³-hybridized carbons (Fsp3) is 0.375. The number of aromatic nitrogens is 3. The van der Waals surface area contributed by atoms with Crippen LogP contribution < -0.4 is 20.7 Å². The van der Waals surface area contributed by atoms with Crippen molar-refractivity contribution >= 4 is 28.5 Å². The summed E-state index contributed by atoms with van der Waals surface area (Å²) in [5, 5.41) is 5.24. The van der Waals surface area contributed by atoms with E-state index >= 15 is 0 Å². The first-order valence-electron chi connectivity index (χ1n) is 14.6. The van der Waals surface area contributed by atoms with Crippen LogP contribution in [0.25, 0.3) is 21.9 Å². The number of anilines is 2. The molecule has 3 N–H and O–H groups in total. The molecule has 230 valence electrons. The molecule has 2 aliphatic rings. The summed E-state index contributed by atoms with van der Waals surface area (Å²) in [5.74, 6) is -0.273. The van der Waals surface area contributed by atoms with Crippen molar-refractivity contribution < 1.29 is 27.4 Å². The Morgan fingerprint density at radius 3 is 2.55 bits per heavy atom. The zero-order valence-corrected chi connectivity index (χ0v) is 24.2. The Balaban J connectivity index is 1.16. The number of nitrogens with one attached hydrogen (secondary N) is 1. The Morgan fingerprint density at radius 2 is 1.82 bits per heavy atom. The van der Waals surface area contributed by atoms with Gasteiger partial charge in [0, 0.05) is 49.0 Å². The van der Waals surface area contributed by atoms with Gasteiger partial charge in [0.2, 0.25) is 17.9 Å². The predicted molar refractivity (Wildman–Crippen MR) is 160 cm³/mol. The van der Waals surface area contributed by atoms with Crippen LogP contribution in [0.1, 0.15) is 37.9 Å². The molecule has 12 heteroatoms. The molecule has 9 nitrogen and oxygen atoms in total. The molecule has 2 aromatic heterocycles. The topological polar surface area (TPSA) is 115 Å². The molecule has 0 amide bonds. The second-order valence-corrected chi connectivity index (χ2v) is 11.4. The summed E-state index contributed by atoms with van der Waals surface area (Å²) in [7, 11) is 0. The maximum Gasteiger partial charge on any atom is 0.429 e. The fourth-order valence-corrected chi connectivity index (χ4v) is 6.13. The molecule has 0 saturated carbocycles. The second kappa shape index (κ2) is 11.9. The molecule has 2 saturated heterocycles. The molecule has 4 heterocycles. The van der Waals surface area contributed by atoms with Crippen molar-refractivity contribution in [2.45, 2.75) is 44.5 Å². The number of carbonyl (C=O) groups excluding carboxylic acids is 1. The highest BCUT2D eigenvalue weighted by Gasteiger charge is 2.45. The Morgan fingerprint density at radius 1 is 1.07 bits per heavy atom. The van der Waals surface area contributed by atoms with E-state index in [4.69, 9.17) is 15.2 Å². The molecule has 0 radical (unpaired) electrons. The number of carbonyl (C=O) groups is 1. The molecule has 4 aromatic rings. The lowest BCUT2D eigenvalue weighted by atomic mass is 9.76. The largest absolute Gasteiger partial charge is 0.465 e. The number of piperidine rings is 1. The molecule has 0 bridgehead atoms. The number of nitrogens with zero attached hydrogens (tertiary/aromatic N) is 4. The third-order valence-corrected chi connectivity index (χ3v) is 8.51. The van der Waals surface area contributed by atoms with E-state index in [2.05, 4.69) is 20.3 Å². The van der Waals surface area contributed by atoms with Crippen molar-refractivity contribution in [1.29, 1.82) is 0 Å². The minimum Gasteiger partial charge on any atom is -0.465 e. The van der Waals surface area contributed by atoms with E-state index in [1.807, 2.05) is 29.2 Å². The van der Waals surface area contributed by atoms with Gasteiger partial charge in [-0.3, -0.25) is 9.78 Å². The van der Waals surface area contributed by atoms with Crippen molar-refractivity contribution in [2.75, 3.05) is 36.9 Å². The quantitative estimate of drug-likeness (QED) is 0.264. The van der Waals surface area contributed by atoms with E-state index in [0.29, 0.717) is 38.5 Å². The Bertz CT molecular complexity index is 1640. The first-order valence-corrected chi connectivity index (χ1v) is 14.6. The summed E-state index contributed by atoms with van der Waals surface area (Å²) in [6, 6.07) is 14.9. The normalized spacial score (nSPS) is 18.8. The van der Waals surface area contributed by atoms with Crippen LogP contribution in [0.3, 0.4) is 0 Å². The zero-order valence-electron chi connectivity index (χ0n) is 24.2. The highest BCUT2D eigenvalue weighted by Crippen LogP contribution is 2.42. The Kier molecular flexibility index (Phi) is 8.02. The monoisotopic (exact) mass is 606 g/mol. The van der Waals surface area contributed by atoms with Crippen LogP contribution in [-0.2, 0) is 9.53 Å². The standard InChI is InChI=1S/C32H33F3N6O3/c1-2-43-29(42)25-17-31(19-38-25)10-13-41(14-11-31)26-16-27(40-30(36)39-26)44-28(32(33,34)35)22-6-3-20(4-7-22)23-8-5-21-9-12-37-18-24(21)15-23/h3-9,12,15-16,18,25,28,38H,2,10-11,13-14,17,19H2,1H3,(H2,36,39,40)/t25?,28-/m1/s1. The van der Waals surface area contributed by atoms with Gasteiger partial charge >= 0.3 is 12.1 Å². The number of hydrogen-bond donors (Lipinski definition) is 2. The van der Waals surface area contributed by atoms with Gasteiger partial charge in [0.25, 0.3) is 0 Å². The third kappa shape index (κ3) is 6.26. The molecule has 6 rings (SSSR count). The van der Waals surface area contributed by atoms with Crippen LogP contribution in [0.2, 0.25) is 0 Å². The highest BCUT2D eigenvalue weighted by atomic mass is 19.4. The van der Waals surface area contributed by atoms with E-state index in [1.54, 1.807) is 31.5 Å². The van der Waals surface area contributed by atoms with Crippen LogP contribution in [0.4, 0.5) is 24.9 Å². The van der Waals surface area contributed by atoms with Crippen LogP contribution in [0.5, 0.6) is 5.88 Å². The van der Waals surface area contributed by atoms with E-state index in [-0.39, 0.29) is 34.8 Å². The number of ether oxygens (including phenoxy) is 2. The molecular formula is C32H33F3N6O3. The Labute approximate surface area is 252 Å². The number of nitrogens with two attached hydrogens (primary N) is 1. The van der Waals surface area contributed by atoms with Crippen molar-refractivity contribution in [2.24, 2.45) is 5.41 Å². The lowest BCUT2D eigenvalue weighted by Crippen LogP contribution is -2.41. The summed E-state index contributed by atoms with van der Waals surface area (Å²) >= 11 is 0. The van der Waals surface area contributed by atoms with E-state index in [0.717, 1.165) is 34.7 Å². The number of alkyl halides is 3. The molecule has 2 aliphatic heterocycles. The Hall–Kier alpha value is -4.45. The number of rotatable bonds is 7. The van der Waals surface area contributed by atoms with Gasteiger partial charge in [-0.25, -0.2) is 0 Å². The summed E-state index contributed by atoms with van der Waals surface area (Å²) in [5.41, 5.74) is 7.45. The van der Waals surface area contributed by atoms with Crippen LogP contribution in [0, 0.1) is 5.41 Å². The molecular weight excluding hydrogens is 573 g/mol. The molecule has 1 spiro atoms. The van der Waals surface area contributed by atoms with Gasteiger partial charge in [0.15, 0.2) is 0 Å². The zero-order chi connectivity index (χ0) is 30.9. The number of halogens is 3. The fourth-order valence-electron chi connectivity index (χ4n) is 6.13. The van der Waals surface area contributed by atoms with Gasteiger partial charge in [-0.2, -0.15) is 23.1 Å². The number of pyridine rings is 1. The minimum atomic E-state index is -4.71. The van der Waals surface area contributed by atoms with Crippen molar-refractivity contribution in [3.63, 3.8) is 0 Å². The van der Waals surface area contributed by atoms with Gasteiger partial charge in [-0.05, 0) is 60.2 Å². The van der Waals surface area contributed by atoms with Crippen LogP contribution in [-0.4, -0.2) is 59.4 Å². The van der Waals surface area contributed by atoms with Crippen molar-refractivity contribution in [3.05, 3.63) is 72.6 Å². The maximum atomic E-state index is 14.3. The lowest BCUT2D eigenvalue weighted by molar-refractivity contribution is -0.198. The average Bonchev–Trinajstić information content (AvgIpc) is 3.43. The first kappa shape index (κ1) is 29.6. The van der Waals surface area contributed by atoms with Gasteiger partial charge < -0.3 is 25.4 Å². The number of hydrogen-bond acceptors (Lipinski definition) is 9. The smallest absolute Gasteiger partial charge is 0.429 e. The molecule has 1 unspecified atom stereocenters. The highest BCUT2D eigenvalue weighted by molar-refractivity contribution is 5.86. The summed E-state index contributed by atoms with van der Waals surface area (Å²) in [4.78, 5) is 26.6. The van der Waals surface area contributed by atoms with Gasteiger partial charge in [-0.1, -0.05) is 36.4 Å². The van der Waals surface area contributed by atoms with Crippen molar-refractivity contribution in [3.8, 4) is 17.0 Å². The number of benzene rings is 2. The van der Waals surface area contributed by atoms with Gasteiger partial charge in [0.05, 0.1) is 6.61 Å². The molecule has 0 aliphatic carbocycles. The summed E-state index contributed by atoms with van der Waals surface area (Å²) < 4.78 is 53.5. The molecule has 2 aromatic carbocycles. The summed E-state index contributed by atoms with van der Waals surface area (Å²) in [6.07, 6.45) is -1.27. The number of nitrogen functional groups attached to an aromatic ring is 1. The van der Waals surface area contributed by atoms with E-state index < -0.39 is 12.3 Å². The van der Waals surface area contributed by atoms with Gasteiger partial charge in [0.1, 0.15) is 11.9 Å². The lowest BCUT2D eigenvalue weighted by Gasteiger charge is -2.39. The average molecular weight is 607 g/mol. The third-order valence-electron chi connectivity index (χ3n) is 8.51. The summed E-state index contributed by atoms with van der Waals surface area (Å²) in [6.45, 7) is 4.02. The maximum absolute atomic E-state index is 14.3. The molecule has 44 heavy (non-hydrogen) atoms.